The number of nitrogens with one attached hydrogen (secondary N) is 2. The molecule has 110 valence electrons. The van der Waals surface area contributed by atoms with Gasteiger partial charge in [-0.05, 0) is 12.1 Å². The van der Waals surface area contributed by atoms with Crippen molar-refractivity contribution in [3.63, 3.8) is 0 Å². The predicted molar refractivity (Wildman–Crippen MR) is 70.0 cm³/mol. The molecule has 0 spiro atoms. The Morgan fingerprint density at radius 2 is 1.55 bits per heavy atom. The van der Waals surface area contributed by atoms with Crippen LogP contribution in [-0.2, 0) is 4.84 Å². The summed E-state index contributed by atoms with van der Waals surface area (Å²) in [5.41, 5.74) is -2.02. The van der Waals surface area contributed by atoms with Crippen molar-refractivity contribution in [1.29, 1.82) is 0 Å². The topological polar surface area (TPSA) is 129 Å². The normalized spacial score (nSPS) is 13.2. The van der Waals surface area contributed by atoms with Gasteiger partial charge in [0.2, 0.25) is 0 Å². The molecule has 2 amide bonds. The number of aromatic nitrogens is 2. The van der Waals surface area contributed by atoms with Gasteiger partial charge in [0.05, 0.1) is 11.1 Å². The summed E-state index contributed by atoms with van der Waals surface area (Å²) in [5.74, 6) is -2.82. The molecule has 9 nitrogen and oxygen atoms in total. The summed E-state index contributed by atoms with van der Waals surface area (Å²) >= 11 is 0. The lowest BCUT2D eigenvalue weighted by atomic mass is 10.1. The number of benzene rings is 1. The van der Waals surface area contributed by atoms with Crippen LogP contribution in [0, 0.1) is 0 Å². The standard InChI is InChI=1S/C13H7N3O6/c17-9-5-8(14-13(21)15-9)12(20)22-16-10(18)6-3-1-2-4-7(6)11(16)19/h1-5H,(H2,14,15,17,21). The van der Waals surface area contributed by atoms with Gasteiger partial charge < -0.3 is 9.82 Å². The van der Waals surface area contributed by atoms with Crippen molar-refractivity contribution in [2.45, 2.75) is 0 Å². The van der Waals surface area contributed by atoms with Gasteiger partial charge in [-0.1, -0.05) is 17.2 Å². The Morgan fingerprint density at radius 1 is 0.955 bits per heavy atom. The first-order valence-corrected chi connectivity index (χ1v) is 6.01. The van der Waals surface area contributed by atoms with Gasteiger partial charge in [0.25, 0.3) is 17.4 Å². The number of rotatable bonds is 2. The fraction of sp³-hybridized carbons (Fsp3) is 0. The molecular formula is C13H7N3O6. The highest BCUT2D eigenvalue weighted by atomic mass is 16.7. The first kappa shape index (κ1) is 13.5. The number of carbonyl (C=O) groups is 3. The van der Waals surface area contributed by atoms with E-state index >= 15 is 0 Å². The largest absolute Gasteiger partial charge is 0.380 e. The first-order chi connectivity index (χ1) is 10.5. The van der Waals surface area contributed by atoms with Crippen LogP contribution < -0.4 is 11.2 Å². The highest BCUT2D eigenvalue weighted by Crippen LogP contribution is 2.22. The molecule has 0 atom stereocenters. The van der Waals surface area contributed by atoms with Gasteiger partial charge >= 0.3 is 11.7 Å². The van der Waals surface area contributed by atoms with Gasteiger partial charge in [0.15, 0.2) is 0 Å². The highest BCUT2D eigenvalue weighted by molar-refractivity contribution is 6.21. The average Bonchev–Trinajstić information content (AvgIpc) is 2.72. The van der Waals surface area contributed by atoms with E-state index in [-0.39, 0.29) is 16.2 Å². The Labute approximate surface area is 121 Å². The van der Waals surface area contributed by atoms with Crippen molar-refractivity contribution in [2.24, 2.45) is 0 Å². The van der Waals surface area contributed by atoms with Gasteiger partial charge in [-0.2, -0.15) is 0 Å². The summed E-state index contributed by atoms with van der Waals surface area (Å²) in [7, 11) is 0. The third-order valence-electron chi connectivity index (χ3n) is 2.91. The van der Waals surface area contributed by atoms with Crippen molar-refractivity contribution in [2.75, 3.05) is 0 Å². The van der Waals surface area contributed by atoms with E-state index < -0.39 is 34.7 Å². The van der Waals surface area contributed by atoms with Crippen molar-refractivity contribution < 1.29 is 19.2 Å². The molecule has 9 heteroatoms. The average molecular weight is 301 g/mol. The van der Waals surface area contributed by atoms with Gasteiger partial charge in [-0.25, -0.2) is 9.59 Å². The van der Waals surface area contributed by atoms with E-state index in [9.17, 15) is 24.0 Å². The van der Waals surface area contributed by atoms with E-state index in [1.165, 1.54) is 12.1 Å². The van der Waals surface area contributed by atoms with Crippen molar-refractivity contribution in [3.05, 3.63) is 68.0 Å². The van der Waals surface area contributed by atoms with Crippen LogP contribution in [0.15, 0.2) is 39.9 Å². The van der Waals surface area contributed by atoms with Crippen LogP contribution in [-0.4, -0.2) is 32.8 Å². The van der Waals surface area contributed by atoms with Crippen molar-refractivity contribution in [3.8, 4) is 0 Å². The van der Waals surface area contributed by atoms with Crippen LogP contribution in [0.5, 0.6) is 0 Å². The molecule has 0 fully saturated rings. The lowest BCUT2D eigenvalue weighted by Gasteiger charge is -2.12. The SMILES string of the molecule is O=C(ON1C(=O)c2ccccc2C1=O)c1cc(=O)[nH]c(=O)[nH]1. The molecule has 0 radical (unpaired) electrons. The number of amides is 2. The van der Waals surface area contributed by atoms with E-state index in [0.717, 1.165) is 6.07 Å². The Bertz CT molecular complexity index is 862. The van der Waals surface area contributed by atoms with Gasteiger partial charge in [0, 0.05) is 6.07 Å². The predicted octanol–water partition coefficient (Wildman–Crippen LogP) is -0.569. The third-order valence-corrected chi connectivity index (χ3v) is 2.91. The molecule has 0 saturated heterocycles. The fourth-order valence-electron chi connectivity index (χ4n) is 1.96. The molecular weight excluding hydrogens is 294 g/mol. The van der Waals surface area contributed by atoms with Gasteiger partial charge in [-0.3, -0.25) is 19.4 Å². The quantitative estimate of drug-likeness (QED) is 0.715. The Kier molecular flexibility index (Phi) is 2.95. The Hall–Kier alpha value is -3.49. The lowest BCUT2D eigenvalue weighted by Crippen LogP contribution is -2.34. The second-order valence-corrected chi connectivity index (χ2v) is 4.33. The fourth-order valence-corrected chi connectivity index (χ4v) is 1.96. The smallest absolute Gasteiger partial charge is 0.323 e. The van der Waals surface area contributed by atoms with E-state index in [0.29, 0.717) is 0 Å². The Morgan fingerprint density at radius 3 is 2.09 bits per heavy atom. The van der Waals surface area contributed by atoms with Crippen LogP contribution in [0.2, 0.25) is 0 Å². The molecule has 2 N–H and O–H groups in total. The zero-order valence-corrected chi connectivity index (χ0v) is 10.8. The lowest BCUT2D eigenvalue weighted by molar-refractivity contribution is -0.0588. The minimum absolute atomic E-state index is 0.0969. The number of nitrogens with zero attached hydrogens (tertiary/aromatic N) is 1. The Balaban J connectivity index is 1.90. The first-order valence-electron chi connectivity index (χ1n) is 6.01. The van der Waals surface area contributed by atoms with Gasteiger partial charge in [-0.15, -0.1) is 0 Å². The highest BCUT2D eigenvalue weighted by Gasteiger charge is 2.38. The summed E-state index contributed by atoms with van der Waals surface area (Å²) in [6, 6.07) is 6.73. The summed E-state index contributed by atoms with van der Waals surface area (Å²) in [6.45, 7) is 0. The molecule has 0 bridgehead atoms. The molecule has 1 aliphatic rings. The number of hydrogen-bond acceptors (Lipinski definition) is 6. The molecule has 22 heavy (non-hydrogen) atoms. The molecule has 2 aromatic rings. The van der Waals surface area contributed by atoms with Crippen molar-refractivity contribution >= 4 is 17.8 Å². The van der Waals surface area contributed by atoms with Gasteiger partial charge in [0.1, 0.15) is 5.69 Å². The number of aromatic amines is 2. The molecule has 0 aliphatic carbocycles. The molecule has 3 rings (SSSR count). The number of imide groups is 1. The molecule has 1 aromatic carbocycles. The summed E-state index contributed by atoms with van der Waals surface area (Å²) in [4.78, 5) is 66.7. The minimum Gasteiger partial charge on any atom is -0.323 e. The summed E-state index contributed by atoms with van der Waals surface area (Å²) in [5, 5.41) is 0.284. The summed E-state index contributed by atoms with van der Waals surface area (Å²) < 4.78 is 0. The summed E-state index contributed by atoms with van der Waals surface area (Å²) in [6.07, 6.45) is 0. The number of H-pyrrole nitrogens is 2. The van der Waals surface area contributed by atoms with Crippen LogP contribution in [0.1, 0.15) is 31.2 Å². The third kappa shape index (κ3) is 2.10. The molecule has 0 saturated carbocycles. The van der Waals surface area contributed by atoms with Crippen LogP contribution in [0.25, 0.3) is 0 Å². The number of hydroxylamine groups is 2. The molecule has 0 unspecified atom stereocenters. The number of fused-ring (bicyclic) bond motifs is 1. The molecule has 1 aromatic heterocycles. The maximum atomic E-state index is 12.0. The van der Waals surface area contributed by atoms with E-state index in [2.05, 4.69) is 4.84 Å². The second kappa shape index (κ2) is 4.81. The molecule has 2 heterocycles. The van der Waals surface area contributed by atoms with Crippen LogP contribution in [0.4, 0.5) is 0 Å². The maximum absolute atomic E-state index is 12.0. The van der Waals surface area contributed by atoms with Crippen molar-refractivity contribution in [1.82, 2.24) is 15.0 Å². The van der Waals surface area contributed by atoms with Crippen LogP contribution >= 0.6 is 0 Å². The monoisotopic (exact) mass is 301 g/mol. The maximum Gasteiger partial charge on any atom is 0.380 e. The number of hydrogen-bond donors (Lipinski definition) is 2. The second-order valence-electron chi connectivity index (χ2n) is 4.33. The zero-order valence-electron chi connectivity index (χ0n) is 10.8. The minimum atomic E-state index is -1.21. The van der Waals surface area contributed by atoms with E-state index in [4.69, 9.17) is 0 Å². The molecule has 1 aliphatic heterocycles. The number of carbonyl (C=O) groups excluding carboxylic acids is 3. The van der Waals surface area contributed by atoms with E-state index in [1.54, 1.807) is 12.1 Å². The zero-order chi connectivity index (χ0) is 15.9. The van der Waals surface area contributed by atoms with Crippen LogP contribution in [0.3, 0.4) is 0 Å². The van der Waals surface area contributed by atoms with E-state index in [1.807, 2.05) is 9.97 Å².